The lowest BCUT2D eigenvalue weighted by Crippen LogP contribution is -2.54. The van der Waals surface area contributed by atoms with Gasteiger partial charge in [0.1, 0.15) is 0 Å². The lowest BCUT2D eigenvalue weighted by molar-refractivity contribution is 0.0588. The molecule has 1 N–H and O–H groups in total. The zero-order chi connectivity index (χ0) is 12.9. The summed E-state index contributed by atoms with van der Waals surface area (Å²) in [6, 6.07) is 1.15. The number of ether oxygens (including phenoxy) is 1. The zero-order valence-electron chi connectivity index (χ0n) is 12.3. The van der Waals surface area contributed by atoms with E-state index in [1.807, 2.05) is 0 Å². The molecule has 1 saturated heterocycles. The van der Waals surface area contributed by atoms with Gasteiger partial charge in [-0.15, -0.1) is 0 Å². The fraction of sp³-hybridized carbons (Fsp3) is 1.00. The second kappa shape index (κ2) is 6.72. The first kappa shape index (κ1) is 14.9. The van der Waals surface area contributed by atoms with Crippen LogP contribution in [0.1, 0.15) is 47.0 Å². The standard InChI is InChI=1S/C14H30N2O/c1-6-14(7-2)11-16(13(4)10-17-5)12(3)8-9-15-14/h12-13,15H,6-11H2,1-5H3. The van der Waals surface area contributed by atoms with Crippen molar-refractivity contribution in [2.24, 2.45) is 0 Å². The summed E-state index contributed by atoms with van der Waals surface area (Å²) in [7, 11) is 1.80. The second-order valence-corrected chi connectivity index (χ2v) is 5.53. The molecule has 0 amide bonds. The van der Waals surface area contributed by atoms with Crippen molar-refractivity contribution in [1.82, 2.24) is 10.2 Å². The van der Waals surface area contributed by atoms with Gasteiger partial charge in [-0.05, 0) is 39.7 Å². The predicted molar refractivity (Wildman–Crippen MR) is 73.4 cm³/mol. The van der Waals surface area contributed by atoms with E-state index in [4.69, 9.17) is 4.74 Å². The van der Waals surface area contributed by atoms with E-state index in [1.54, 1.807) is 7.11 Å². The highest BCUT2D eigenvalue weighted by Gasteiger charge is 2.34. The van der Waals surface area contributed by atoms with E-state index in [1.165, 1.54) is 19.3 Å². The van der Waals surface area contributed by atoms with Gasteiger partial charge in [0.2, 0.25) is 0 Å². The van der Waals surface area contributed by atoms with Gasteiger partial charge in [-0.1, -0.05) is 13.8 Å². The van der Waals surface area contributed by atoms with Crippen LogP contribution in [-0.4, -0.2) is 49.3 Å². The fourth-order valence-electron chi connectivity index (χ4n) is 2.92. The maximum absolute atomic E-state index is 5.32. The molecule has 3 nitrogen and oxygen atoms in total. The quantitative estimate of drug-likeness (QED) is 0.800. The van der Waals surface area contributed by atoms with E-state index in [0.29, 0.717) is 17.6 Å². The number of methoxy groups -OCH3 is 1. The summed E-state index contributed by atoms with van der Waals surface area (Å²) < 4.78 is 5.32. The lowest BCUT2D eigenvalue weighted by Gasteiger charge is -2.40. The third kappa shape index (κ3) is 3.67. The average Bonchev–Trinajstić information content (AvgIpc) is 2.49. The Balaban J connectivity index is 2.77. The van der Waals surface area contributed by atoms with Crippen LogP contribution in [-0.2, 0) is 4.74 Å². The Morgan fingerprint density at radius 1 is 1.41 bits per heavy atom. The minimum atomic E-state index is 0.298. The summed E-state index contributed by atoms with van der Waals surface area (Å²) >= 11 is 0. The number of hydrogen-bond acceptors (Lipinski definition) is 3. The van der Waals surface area contributed by atoms with Gasteiger partial charge in [-0.2, -0.15) is 0 Å². The Labute approximate surface area is 107 Å². The Morgan fingerprint density at radius 2 is 2.06 bits per heavy atom. The van der Waals surface area contributed by atoms with E-state index >= 15 is 0 Å². The van der Waals surface area contributed by atoms with Gasteiger partial charge in [0.15, 0.2) is 0 Å². The molecule has 0 aliphatic carbocycles. The van der Waals surface area contributed by atoms with E-state index in [0.717, 1.165) is 19.7 Å². The van der Waals surface area contributed by atoms with Crippen LogP contribution in [0.5, 0.6) is 0 Å². The maximum Gasteiger partial charge on any atom is 0.0615 e. The molecule has 0 aromatic heterocycles. The lowest BCUT2D eigenvalue weighted by atomic mass is 9.92. The molecule has 0 radical (unpaired) electrons. The summed E-state index contributed by atoms with van der Waals surface area (Å²) in [4.78, 5) is 2.62. The Bertz CT molecular complexity index is 216. The highest BCUT2D eigenvalue weighted by molar-refractivity contribution is 4.94. The molecule has 0 bridgehead atoms. The van der Waals surface area contributed by atoms with Crippen molar-refractivity contribution in [2.75, 3.05) is 26.8 Å². The Morgan fingerprint density at radius 3 is 2.59 bits per heavy atom. The molecule has 1 aliphatic heterocycles. The van der Waals surface area contributed by atoms with E-state index in [9.17, 15) is 0 Å². The average molecular weight is 242 g/mol. The van der Waals surface area contributed by atoms with Crippen molar-refractivity contribution in [1.29, 1.82) is 0 Å². The van der Waals surface area contributed by atoms with Gasteiger partial charge >= 0.3 is 0 Å². The first-order chi connectivity index (χ1) is 8.08. The van der Waals surface area contributed by atoms with Crippen LogP contribution in [0.3, 0.4) is 0 Å². The molecule has 1 fully saturated rings. The van der Waals surface area contributed by atoms with Crippen LogP contribution in [0.2, 0.25) is 0 Å². The second-order valence-electron chi connectivity index (χ2n) is 5.53. The molecule has 2 unspecified atom stereocenters. The van der Waals surface area contributed by atoms with E-state index in [2.05, 4.69) is 37.9 Å². The SMILES string of the molecule is CCC1(CC)CN(C(C)COC)C(C)CCN1. The zero-order valence-corrected chi connectivity index (χ0v) is 12.3. The highest BCUT2D eigenvalue weighted by Crippen LogP contribution is 2.24. The molecule has 0 saturated carbocycles. The van der Waals surface area contributed by atoms with Crippen LogP contribution < -0.4 is 5.32 Å². The van der Waals surface area contributed by atoms with Crippen LogP contribution in [0, 0.1) is 0 Å². The topological polar surface area (TPSA) is 24.5 Å². The first-order valence-corrected chi connectivity index (χ1v) is 7.08. The third-order valence-electron chi connectivity index (χ3n) is 4.44. The number of hydrogen-bond donors (Lipinski definition) is 1. The minimum Gasteiger partial charge on any atom is -0.383 e. The molecule has 102 valence electrons. The van der Waals surface area contributed by atoms with Gasteiger partial charge < -0.3 is 10.1 Å². The maximum atomic E-state index is 5.32. The molecular formula is C14H30N2O. The summed E-state index contributed by atoms with van der Waals surface area (Å²) in [5.74, 6) is 0. The molecular weight excluding hydrogens is 212 g/mol. The summed E-state index contributed by atoms with van der Waals surface area (Å²) in [5.41, 5.74) is 0.298. The smallest absolute Gasteiger partial charge is 0.0615 e. The minimum absolute atomic E-state index is 0.298. The molecule has 2 atom stereocenters. The summed E-state index contributed by atoms with van der Waals surface area (Å²) in [6.45, 7) is 12.3. The van der Waals surface area contributed by atoms with E-state index in [-0.39, 0.29) is 0 Å². The van der Waals surface area contributed by atoms with Gasteiger partial charge in [0.25, 0.3) is 0 Å². The third-order valence-corrected chi connectivity index (χ3v) is 4.44. The summed E-state index contributed by atoms with van der Waals surface area (Å²) in [6.07, 6.45) is 3.63. The molecule has 3 heteroatoms. The molecule has 0 aromatic carbocycles. The van der Waals surface area contributed by atoms with Crippen LogP contribution >= 0.6 is 0 Å². The van der Waals surface area contributed by atoms with Crippen molar-refractivity contribution in [3.8, 4) is 0 Å². The van der Waals surface area contributed by atoms with Gasteiger partial charge in [0, 0.05) is 31.3 Å². The largest absolute Gasteiger partial charge is 0.383 e. The van der Waals surface area contributed by atoms with Crippen molar-refractivity contribution < 1.29 is 4.74 Å². The molecule has 0 aromatic rings. The first-order valence-electron chi connectivity index (χ1n) is 7.08. The van der Waals surface area contributed by atoms with Crippen molar-refractivity contribution >= 4 is 0 Å². The van der Waals surface area contributed by atoms with Crippen molar-refractivity contribution in [3.05, 3.63) is 0 Å². The molecule has 17 heavy (non-hydrogen) atoms. The normalized spacial score (nSPS) is 27.7. The fourth-order valence-corrected chi connectivity index (χ4v) is 2.92. The molecule has 1 heterocycles. The van der Waals surface area contributed by atoms with Crippen LogP contribution in [0.25, 0.3) is 0 Å². The number of nitrogens with one attached hydrogen (secondary N) is 1. The van der Waals surface area contributed by atoms with Gasteiger partial charge in [-0.25, -0.2) is 0 Å². The van der Waals surface area contributed by atoms with Crippen molar-refractivity contribution in [2.45, 2.75) is 64.6 Å². The predicted octanol–water partition coefficient (Wildman–Crippen LogP) is 2.26. The summed E-state index contributed by atoms with van der Waals surface area (Å²) in [5, 5.41) is 3.77. The molecule has 1 aliphatic rings. The van der Waals surface area contributed by atoms with Crippen LogP contribution in [0.4, 0.5) is 0 Å². The highest BCUT2D eigenvalue weighted by atomic mass is 16.5. The Kier molecular flexibility index (Phi) is 5.90. The molecule has 0 spiro atoms. The monoisotopic (exact) mass is 242 g/mol. The van der Waals surface area contributed by atoms with Crippen molar-refractivity contribution in [3.63, 3.8) is 0 Å². The molecule has 1 rings (SSSR count). The van der Waals surface area contributed by atoms with Crippen LogP contribution in [0.15, 0.2) is 0 Å². The van der Waals surface area contributed by atoms with E-state index < -0.39 is 0 Å². The van der Waals surface area contributed by atoms with Gasteiger partial charge in [0.05, 0.1) is 6.61 Å². The number of nitrogens with zero attached hydrogens (tertiary/aromatic N) is 1. The Hall–Kier alpha value is -0.120. The van der Waals surface area contributed by atoms with Gasteiger partial charge in [-0.3, -0.25) is 4.90 Å². The number of rotatable bonds is 5.